The summed E-state index contributed by atoms with van der Waals surface area (Å²) in [5.41, 5.74) is 6.46. The standard InChI is InChI=1S/C14H18N4O/c1-8-7-11(5-6-12(8)19-4)14-16-10(3)9(2)13(17-14)18-15/h5-7H,15H2,1-4H3,(H,16,17,18). The van der Waals surface area contributed by atoms with Gasteiger partial charge in [0.1, 0.15) is 11.6 Å². The van der Waals surface area contributed by atoms with Gasteiger partial charge < -0.3 is 10.2 Å². The highest BCUT2D eigenvalue weighted by Crippen LogP contribution is 2.26. The Bertz CT molecular complexity index is 611. The minimum atomic E-state index is 0.649. The SMILES string of the molecule is COc1ccc(-c2nc(C)c(C)c(NN)n2)cc1C. The van der Waals surface area contributed by atoms with Crippen molar-refractivity contribution in [3.05, 3.63) is 35.0 Å². The summed E-state index contributed by atoms with van der Waals surface area (Å²) in [7, 11) is 1.66. The Morgan fingerprint density at radius 1 is 1.16 bits per heavy atom. The molecule has 100 valence electrons. The van der Waals surface area contributed by atoms with E-state index in [4.69, 9.17) is 10.6 Å². The molecule has 0 radical (unpaired) electrons. The van der Waals surface area contributed by atoms with Crippen LogP contribution in [0.15, 0.2) is 18.2 Å². The summed E-state index contributed by atoms with van der Waals surface area (Å²) in [5.74, 6) is 7.64. The van der Waals surface area contributed by atoms with Gasteiger partial charge in [-0.1, -0.05) is 0 Å². The van der Waals surface area contributed by atoms with Crippen LogP contribution in [0.25, 0.3) is 11.4 Å². The lowest BCUT2D eigenvalue weighted by atomic mass is 10.1. The van der Waals surface area contributed by atoms with Crippen LogP contribution in [0.5, 0.6) is 5.75 Å². The Morgan fingerprint density at radius 3 is 2.47 bits per heavy atom. The Balaban J connectivity index is 2.53. The van der Waals surface area contributed by atoms with Gasteiger partial charge in [0.25, 0.3) is 0 Å². The molecule has 1 aromatic carbocycles. The molecule has 19 heavy (non-hydrogen) atoms. The van der Waals surface area contributed by atoms with E-state index in [1.54, 1.807) is 7.11 Å². The first kappa shape index (κ1) is 13.3. The zero-order valence-corrected chi connectivity index (χ0v) is 11.6. The Kier molecular flexibility index (Phi) is 3.66. The van der Waals surface area contributed by atoms with E-state index in [9.17, 15) is 0 Å². The maximum atomic E-state index is 5.48. The van der Waals surface area contributed by atoms with Crippen molar-refractivity contribution in [1.82, 2.24) is 9.97 Å². The molecule has 1 aromatic heterocycles. The predicted octanol–water partition coefficient (Wildman–Crippen LogP) is 2.36. The first-order chi connectivity index (χ1) is 9.06. The Morgan fingerprint density at radius 2 is 1.89 bits per heavy atom. The van der Waals surface area contributed by atoms with Crippen molar-refractivity contribution in [2.75, 3.05) is 12.5 Å². The molecule has 2 rings (SSSR count). The molecule has 2 aromatic rings. The Labute approximate surface area is 112 Å². The first-order valence-electron chi connectivity index (χ1n) is 6.03. The van der Waals surface area contributed by atoms with Crippen molar-refractivity contribution < 1.29 is 4.74 Å². The maximum absolute atomic E-state index is 5.48. The number of benzene rings is 1. The lowest BCUT2D eigenvalue weighted by Gasteiger charge is -2.11. The van der Waals surface area contributed by atoms with Gasteiger partial charge in [0.2, 0.25) is 0 Å². The van der Waals surface area contributed by atoms with Crippen molar-refractivity contribution in [3.8, 4) is 17.1 Å². The molecule has 0 aliphatic rings. The highest BCUT2D eigenvalue weighted by atomic mass is 16.5. The summed E-state index contributed by atoms with van der Waals surface area (Å²) in [6.45, 7) is 5.87. The average Bonchev–Trinajstić information content (AvgIpc) is 2.41. The van der Waals surface area contributed by atoms with Crippen LogP contribution in [-0.4, -0.2) is 17.1 Å². The molecule has 0 unspecified atom stereocenters. The molecule has 3 N–H and O–H groups in total. The summed E-state index contributed by atoms with van der Waals surface area (Å²) in [5, 5.41) is 0. The smallest absolute Gasteiger partial charge is 0.161 e. The van der Waals surface area contributed by atoms with Crippen molar-refractivity contribution in [2.24, 2.45) is 5.84 Å². The number of hydrogen-bond acceptors (Lipinski definition) is 5. The topological polar surface area (TPSA) is 73.1 Å². The van der Waals surface area contributed by atoms with E-state index in [2.05, 4.69) is 15.4 Å². The number of aryl methyl sites for hydroxylation is 2. The molecule has 0 saturated carbocycles. The third kappa shape index (κ3) is 2.51. The van der Waals surface area contributed by atoms with E-state index in [1.165, 1.54) is 0 Å². The summed E-state index contributed by atoms with van der Waals surface area (Å²) >= 11 is 0. The van der Waals surface area contributed by atoms with Crippen LogP contribution >= 0.6 is 0 Å². The number of methoxy groups -OCH3 is 1. The number of nitrogens with zero attached hydrogens (tertiary/aromatic N) is 2. The maximum Gasteiger partial charge on any atom is 0.161 e. The summed E-state index contributed by atoms with van der Waals surface area (Å²) < 4.78 is 5.25. The van der Waals surface area contributed by atoms with E-state index < -0.39 is 0 Å². The number of aromatic nitrogens is 2. The number of hydrogen-bond donors (Lipinski definition) is 2. The van der Waals surface area contributed by atoms with Gasteiger partial charge in [0.05, 0.1) is 7.11 Å². The molecule has 0 aliphatic heterocycles. The molecule has 0 spiro atoms. The van der Waals surface area contributed by atoms with Crippen molar-refractivity contribution in [2.45, 2.75) is 20.8 Å². The van der Waals surface area contributed by atoms with Gasteiger partial charge in [-0.3, -0.25) is 0 Å². The van der Waals surface area contributed by atoms with Gasteiger partial charge in [0.15, 0.2) is 5.82 Å². The van der Waals surface area contributed by atoms with Gasteiger partial charge in [-0.15, -0.1) is 0 Å². The molecular weight excluding hydrogens is 240 g/mol. The van der Waals surface area contributed by atoms with Crippen LogP contribution in [0.1, 0.15) is 16.8 Å². The summed E-state index contributed by atoms with van der Waals surface area (Å²) in [6.07, 6.45) is 0. The molecule has 5 nitrogen and oxygen atoms in total. The fourth-order valence-corrected chi connectivity index (χ4v) is 1.92. The normalized spacial score (nSPS) is 10.4. The highest BCUT2D eigenvalue weighted by Gasteiger charge is 2.10. The molecule has 0 bridgehead atoms. The van der Waals surface area contributed by atoms with Crippen LogP contribution < -0.4 is 16.0 Å². The quantitative estimate of drug-likeness (QED) is 0.653. The van der Waals surface area contributed by atoms with Crippen molar-refractivity contribution in [3.63, 3.8) is 0 Å². The van der Waals surface area contributed by atoms with Crippen LogP contribution in [0.4, 0.5) is 5.82 Å². The molecular formula is C14H18N4O. The molecule has 0 amide bonds. The van der Waals surface area contributed by atoms with E-state index in [0.29, 0.717) is 11.6 Å². The van der Waals surface area contributed by atoms with Gasteiger partial charge in [-0.2, -0.15) is 0 Å². The van der Waals surface area contributed by atoms with E-state index >= 15 is 0 Å². The number of nitrogen functional groups attached to an aromatic ring is 1. The minimum absolute atomic E-state index is 0.649. The second-order valence-electron chi connectivity index (χ2n) is 4.43. The lowest BCUT2D eigenvalue weighted by molar-refractivity contribution is 0.412. The predicted molar refractivity (Wildman–Crippen MR) is 76.0 cm³/mol. The highest BCUT2D eigenvalue weighted by molar-refractivity contribution is 5.61. The fraction of sp³-hybridized carbons (Fsp3) is 0.286. The van der Waals surface area contributed by atoms with E-state index in [-0.39, 0.29) is 0 Å². The van der Waals surface area contributed by atoms with Crippen LogP contribution in [-0.2, 0) is 0 Å². The fourth-order valence-electron chi connectivity index (χ4n) is 1.92. The number of nitrogens with two attached hydrogens (primary N) is 1. The second-order valence-corrected chi connectivity index (χ2v) is 4.43. The van der Waals surface area contributed by atoms with Gasteiger partial charge in [-0.05, 0) is 44.5 Å². The molecule has 1 heterocycles. The van der Waals surface area contributed by atoms with Gasteiger partial charge >= 0.3 is 0 Å². The van der Waals surface area contributed by atoms with Gasteiger partial charge in [-0.25, -0.2) is 15.8 Å². The molecule has 0 aliphatic carbocycles. The van der Waals surface area contributed by atoms with E-state index in [0.717, 1.165) is 28.1 Å². The second kappa shape index (κ2) is 5.24. The molecule has 0 atom stereocenters. The van der Waals surface area contributed by atoms with E-state index in [1.807, 2.05) is 39.0 Å². The summed E-state index contributed by atoms with van der Waals surface area (Å²) in [6, 6.07) is 5.86. The van der Waals surface area contributed by atoms with Crippen LogP contribution in [0.2, 0.25) is 0 Å². The largest absolute Gasteiger partial charge is 0.496 e. The van der Waals surface area contributed by atoms with Crippen LogP contribution in [0, 0.1) is 20.8 Å². The van der Waals surface area contributed by atoms with Crippen LogP contribution in [0.3, 0.4) is 0 Å². The first-order valence-corrected chi connectivity index (χ1v) is 6.03. The molecule has 0 fully saturated rings. The zero-order chi connectivity index (χ0) is 14.0. The third-order valence-electron chi connectivity index (χ3n) is 3.18. The molecule has 0 saturated heterocycles. The number of rotatable bonds is 3. The summed E-state index contributed by atoms with van der Waals surface area (Å²) in [4.78, 5) is 8.93. The lowest BCUT2D eigenvalue weighted by Crippen LogP contribution is -2.12. The number of anilines is 1. The van der Waals surface area contributed by atoms with Crippen molar-refractivity contribution >= 4 is 5.82 Å². The third-order valence-corrected chi connectivity index (χ3v) is 3.18. The minimum Gasteiger partial charge on any atom is -0.496 e. The van der Waals surface area contributed by atoms with Gasteiger partial charge in [0, 0.05) is 16.8 Å². The average molecular weight is 258 g/mol. The number of hydrazine groups is 1. The number of ether oxygens (including phenoxy) is 1. The Hall–Kier alpha value is -2.14. The molecule has 5 heteroatoms. The zero-order valence-electron chi connectivity index (χ0n) is 11.6. The number of nitrogens with one attached hydrogen (secondary N) is 1. The monoisotopic (exact) mass is 258 g/mol. The van der Waals surface area contributed by atoms with Crippen molar-refractivity contribution in [1.29, 1.82) is 0 Å².